The smallest absolute Gasteiger partial charge is 0.217 e. The molecule has 94 valence electrons. The number of nitriles is 1. The third-order valence-electron chi connectivity index (χ3n) is 3.21. The largest absolute Gasteiger partial charge is 0.370 e. The Hall–Kier alpha value is -2.09. The Kier molecular flexibility index (Phi) is 3.78. The fraction of sp³-hybridized carbons (Fsp3) is 0.462. The predicted octanol–water partition coefficient (Wildman–Crippen LogP) is 1.05. The molecule has 0 saturated carbocycles. The predicted molar refractivity (Wildman–Crippen MR) is 67.7 cm³/mol. The average Bonchev–Trinajstić information content (AvgIpc) is 2.38. The Bertz CT molecular complexity index is 463. The minimum atomic E-state index is -0.241. The van der Waals surface area contributed by atoms with E-state index in [1.165, 1.54) is 0 Å². The minimum Gasteiger partial charge on any atom is -0.370 e. The van der Waals surface area contributed by atoms with Gasteiger partial charge in [0, 0.05) is 25.7 Å². The summed E-state index contributed by atoms with van der Waals surface area (Å²) < 4.78 is 0. The van der Waals surface area contributed by atoms with Gasteiger partial charge in [-0.2, -0.15) is 5.26 Å². The number of piperidine rings is 1. The molecule has 0 aliphatic carbocycles. The highest BCUT2D eigenvalue weighted by Crippen LogP contribution is 2.23. The van der Waals surface area contributed by atoms with E-state index in [0.717, 1.165) is 31.7 Å². The summed E-state index contributed by atoms with van der Waals surface area (Å²) in [4.78, 5) is 17.4. The van der Waals surface area contributed by atoms with Gasteiger partial charge in [0.15, 0.2) is 0 Å². The fourth-order valence-corrected chi connectivity index (χ4v) is 2.36. The van der Waals surface area contributed by atoms with Crippen molar-refractivity contribution in [3.05, 3.63) is 23.9 Å². The number of carbonyl (C=O) groups excluding carboxylic acids is 1. The molecule has 5 heteroatoms. The van der Waals surface area contributed by atoms with Crippen LogP contribution in [0.3, 0.4) is 0 Å². The van der Waals surface area contributed by atoms with Crippen LogP contribution in [0, 0.1) is 17.2 Å². The highest BCUT2D eigenvalue weighted by molar-refractivity contribution is 5.74. The van der Waals surface area contributed by atoms with E-state index in [4.69, 9.17) is 11.0 Å². The molecule has 0 bridgehead atoms. The van der Waals surface area contributed by atoms with Gasteiger partial charge in [0.05, 0.1) is 5.56 Å². The second kappa shape index (κ2) is 5.50. The van der Waals surface area contributed by atoms with Crippen LogP contribution >= 0.6 is 0 Å². The maximum absolute atomic E-state index is 10.9. The van der Waals surface area contributed by atoms with E-state index in [-0.39, 0.29) is 5.91 Å². The number of primary amides is 1. The highest BCUT2D eigenvalue weighted by atomic mass is 16.1. The number of nitrogens with zero attached hydrogens (tertiary/aromatic N) is 3. The molecule has 1 amide bonds. The van der Waals surface area contributed by atoms with Gasteiger partial charge in [0.2, 0.25) is 5.91 Å². The topological polar surface area (TPSA) is 83.0 Å². The van der Waals surface area contributed by atoms with E-state index < -0.39 is 0 Å². The van der Waals surface area contributed by atoms with Crippen LogP contribution in [0.1, 0.15) is 24.8 Å². The molecule has 2 rings (SSSR count). The maximum Gasteiger partial charge on any atom is 0.217 e. The number of aromatic nitrogens is 1. The molecule has 2 heterocycles. The first-order valence-electron chi connectivity index (χ1n) is 6.08. The molecule has 1 aromatic heterocycles. The summed E-state index contributed by atoms with van der Waals surface area (Å²) in [5.74, 6) is 0.937. The molecule has 2 N–H and O–H groups in total. The van der Waals surface area contributed by atoms with Crippen molar-refractivity contribution in [1.82, 2.24) is 4.98 Å². The summed E-state index contributed by atoms with van der Waals surface area (Å²) >= 11 is 0. The molecule has 0 spiro atoms. The van der Waals surface area contributed by atoms with Crippen molar-refractivity contribution >= 4 is 11.7 Å². The lowest BCUT2D eigenvalue weighted by Gasteiger charge is -2.33. The molecule has 1 saturated heterocycles. The van der Waals surface area contributed by atoms with Gasteiger partial charge in [-0.3, -0.25) is 4.79 Å². The first-order valence-corrected chi connectivity index (χ1v) is 6.08. The summed E-state index contributed by atoms with van der Waals surface area (Å²) in [7, 11) is 0. The third-order valence-corrected chi connectivity index (χ3v) is 3.21. The Morgan fingerprint density at radius 2 is 2.44 bits per heavy atom. The quantitative estimate of drug-likeness (QED) is 0.861. The Morgan fingerprint density at radius 3 is 3.06 bits per heavy atom. The third kappa shape index (κ3) is 2.98. The van der Waals surface area contributed by atoms with Crippen LogP contribution in [-0.2, 0) is 4.79 Å². The van der Waals surface area contributed by atoms with Crippen molar-refractivity contribution in [1.29, 1.82) is 5.26 Å². The van der Waals surface area contributed by atoms with E-state index in [1.807, 2.05) is 12.1 Å². The van der Waals surface area contributed by atoms with Gasteiger partial charge in [-0.1, -0.05) is 0 Å². The number of pyridine rings is 1. The van der Waals surface area contributed by atoms with Crippen LogP contribution in [0.4, 0.5) is 5.82 Å². The summed E-state index contributed by atoms with van der Waals surface area (Å²) in [5.41, 5.74) is 5.80. The lowest BCUT2D eigenvalue weighted by atomic mass is 9.94. The fourth-order valence-electron chi connectivity index (χ4n) is 2.36. The van der Waals surface area contributed by atoms with Crippen LogP contribution in [0.25, 0.3) is 0 Å². The number of nitrogens with two attached hydrogens (primary N) is 1. The Balaban J connectivity index is 2.03. The minimum absolute atomic E-state index is 0.241. The lowest BCUT2D eigenvalue weighted by Crippen LogP contribution is -2.37. The number of hydrogen-bond donors (Lipinski definition) is 1. The number of rotatable bonds is 3. The molecule has 1 fully saturated rings. The van der Waals surface area contributed by atoms with E-state index in [1.54, 1.807) is 12.3 Å². The molecule has 0 aromatic carbocycles. The summed E-state index contributed by atoms with van der Waals surface area (Å²) in [6.45, 7) is 1.75. The highest BCUT2D eigenvalue weighted by Gasteiger charge is 2.22. The molecule has 1 aliphatic heterocycles. The number of amides is 1. The normalized spacial score (nSPS) is 19.3. The zero-order valence-electron chi connectivity index (χ0n) is 10.2. The Morgan fingerprint density at radius 1 is 1.61 bits per heavy atom. The van der Waals surface area contributed by atoms with Gasteiger partial charge in [0.1, 0.15) is 11.9 Å². The van der Waals surface area contributed by atoms with Gasteiger partial charge in [-0.15, -0.1) is 0 Å². The molecule has 1 aliphatic rings. The van der Waals surface area contributed by atoms with Crippen LogP contribution < -0.4 is 10.6 Å². The first kappa shape index (κ1) is 12.4. The zero-order valence-corrected chi connectivity index (χ0v) is 10.2. The molecule has 1 atom stereocenters. The summed E-state index contributed by atoms with van der Waals surface area (Å²) in [6, 6.07) is 5.67. The van der Waals surface area contributed by atoms with Crippen molar-refractivity contribution in [2.45, 2.75) is 19.3 Å². The van der Waals surface area contributed by atoms with E-state index in [2.05, 4.69) is 9.88 Å². The van der Waals surface area contributed by atoms with Crippen molar-refractivity contribution in [2.24, 2.45) is 11.7 Å². The van der Waals surface area contributed by atoms with Crippen LogP contribution in [0.5, 0.6) is 0 Å². The second-order valence-corrected chi connectivity index (χ2v) is 4.64. The molecular weight excluding hydrogens is 228 g/mol. The van der Waals surface area contributed by atoms with E-state index >= 15 is 0 Å². The number of anilines is 1. The van der Waals surface area contributed by atoms with Crippen LogP contribution in [-0.4, -0.2) is 24.0 Å². The van der Waals surface area contributed by atoms with Gasteiger partial charge >= 0.3 is 0 Å². The standard InChI is InChI=1S/C13H16N4O/c14-7-11-3-4-13(16-8-11)17-5-1-2-10(9-17)6-12(15)18/h3-4,8,10H,1-2,5-6,9H2,(H2,15,18). The van der Waals surface area contributed by atoms with Gasteiger partial charge in [0.25, 0.3) is 0 Å². The number of hydrogen-bond acceptors (Lipinski definition) is 4. The molecule has 1 unspecified atom stereocenters. The molecule has 0 radical (unpaired) electrons. The van der Waals surface area contributed by atoms with Gasteiger partial charge in [-0.05, 0) is 30.9 Å². The molecule has 5 nitrogen and oxygen atoms in total. The maximum atomic E-state index is 10.9. The van der Waals surface area contributed by atoms with Gasteiger partial charge in [-0.25, -0.2) is 4.98 Å². The monoisotopic (exact) mass is 244 g/mol. The Labute approximate surface area is 106 Å². The summed E-state index contributed by atoms with van der Waals surface area (Å²) in [5, 5.41) is 8.73. The van der Waals surface area contributed by atoms with Crippen LogP contribution in [0.15, 0.2) is 18.3 Å². The van der Waals surface area contributed by atoms with E-state index in [9.17, 15) is 4.79 Å². The number of carbonyl (C=O) groups is 1. The average molecular weight is 244 g/mol. The molecule has 1 aromatic rings. The summed E-state index contributed by atoms with van der Waals surface area (Å²) in [6.07, 6.45) is 4.09. The van der Waals surface area contributed by atoms with Crippen molar-refractivity contribution in [2.75, 3.05) is 18.0 Å². The van der Waals surface area contributed by atoms with Crippen molar-refractivity contribution in [3.63, 3.8) is 0 Å². The van der Waals surface area contributed by atoms with Crippen LogP contribution in [0.2, 0.25) is 0 Å². The zero-order chi connectivity index (χ0) is 13.0. The van der Waals surface area contributed by atoms with Crippen molar-refractivity contribution < 1.29 is 4.79 Å². The molecular formula is C13H16N4O. The molecule has 18 heavy (non-hydrogen) atoms. The first-order chi connectivity index (χ1) is 8.69. The second-order valence-electron chi connectivity index (χ2n) is 4.64. The van der Waals surface area contributed by atoms with E-state index in [0.29, 0.717) is 17.9 Å². The van der Waals surface area contributed by atoms with Gasteiger partial charge < -0.3 is 10.6 Å². The SMILES string of the molecule is N#Cc1ccc(N2CCCC(CC(N)=O)C2)nc1. The lowest BCUT2D eigenvalue weighted by molar-refractivity contribution is -0.118. The van der Waals surface area contributed by atoms with Crippen molar-refractivity contribution in [3.8, 4) is 6.07 Å².